The zero-order chi connectivity index (χ0) is 105. The first kappa shape index (κ1) is 107. The van der Waals surface area contributed by atoms with Gasteiger partial charge in [0.05, 0.1) is 64.1 Å². The molecular weight excluding hydrogens is 2040 g/mol. The number of hydrogen-bond donors (Lipinski definition) is 4. The van der Waals surface area contributed by atoms with Crippen molar-refractivity contribution in [2.45, 2.75) is 255 Å². The molecule has 788 valence electrons. The molecule has 8 aromatic rings. The van der Waals surface area contributed by atoms with E-state index in [-0.39, 0.29) is 45.6 Å². The summed E-state index contributed by atoms with van der Waals surface area (Å²) in [6.07, 6.45) is -15.0. The van der Waals surface area contributed by atoms with Crippen molar-refractivity contribution in [2.75, 3.05) is 60.9 Å². The highest BCUT2D eigenvalue weighted by atomic mass is 31.2. The number of aryl methyl sites for hydroxylation is 2. The second-order valence-corrected chi connectivity index (χ2v) is 43.9. The van der Waals surface area contributed by atoms with E-state index in [9.17, 15) is 56.6 Å². The van der Waals surface area contributed by atoms with Crippen LogP contribution in [-0.2, 0) is 117 Å². The van der Waals surface area contributed by atoms with E-state index in [1.165, 1.54) is 24.3 Å². The van der Waals surface area contributed by atoms with Gasteiger partial charge in [0.2, 0.25) is 24.9 Å². The number of amides is 4. The molecule has 4 N–H and O–H groups in total. The molecule has 20 rings (SSSR count). The molecule has 16 atom stereocenters. The summed E-state index contributed by atoms with van der Waals surface area (Å²) in [5, 5.41) is 9.95. The molecule has 0 aliphatic carbocycles. The topological polar surface area (TPSA) is 509 Å². The fourth-order valence-corrected chi connectivity index (χ4v) is 23.5. The lowest BCUT2D eigenvalue weighted by atomic mass is 9.93. The summed E-state index contributed by atoms with van der Waals surface area (Å²) >= 11 is 0. The van der Waals surface area contributed by atoms with Gasteiger partial charge in [-0.05, 0) is 216 Å². The molecule has 0 bridgehead atoms. The summed E-state index contributed by atoms with van der Waals surface area (Å²) in [4.78, 5) is 116. The van der Waals surface area contributed by atoms with Crippen LogP contribution in [0.2, 0.25) is 0 Å². The molecule has 0 saturated carbocycles. The highest BCUT2D eigenvalue weighted by molar-refractivity contribution is 7.49. The third kappa shape index (κ3) is 22.8. The SMILES string of the molecule is CC(C)OP1(=O)OC[C@H]2OC(n3ccc(NC(=O)c4ccc5c(c4)CCCO5)nc3=O)C(F)(F)[C@@H]2O1.CC(C)OP1(=O)OC[C@H]2OC(n3ccc(NC(=O)c4ccc5c(c4)CCO5)nc3=O)C(F)(F)[C@@H]2O1.CC(C)OP1(=O)OC[C@H]2OC(n3ccc(NC(=O)c4ccc5c(c4)OC(C)(C)C5)nc3=O)C(F)(F)[C@@H]2O1.CC(C)OP1(=O)OC[C@H]2OC(n3ccc(NC(=O)c4ccc5c(c4)OC(C)(C)CC5)nc3=O)C(F)(F)[C@@H]2O1. The quantitative estimate of drug-likeness (QED) is 0.0407. The largest absolute Gasteiger partial charge is 0.493 e. The lowest BCUT2D eigenvalue weighted by Gasteiger charge is -2.32. The van der Waals surface area contributed by atoms with Crippen molar-refractivity contribution in [3.63, 3.8) is 0 Å². The molecule has 8 unspecified atom stereocenters. The standard InChI is InChI=1S/C24H28F2N3O8P.C23H26F2N3O8P.C22H24F2N3O8P.C21H22F2N3O8P/c1-13(2)36-38(32)33-12-17-19(37-38)24(25,26)21(34-17)29-10-8-18(28-22(29)31)27-20(30)15-6-5-14-7-9-23(3,4)35-16(14)11-15;1-12(2)35-37(31)32-11-16-18(36-37)23(24,25)20(33-16)28-8-7-17(27-21(28)30)26-19(29)13-5-6-14-10-22(3,4)34-15(14)9-13;1-12(2)34-36(30)32-11-16-18(35-36)22(23,24)20(33-16)27-8-7-17(26-21(27)29)25-19(28)14-5-6-15-13(10-14)4-3-9-31-15;1-11(2)33-35(29)31-10-15-17(34-35)21(22,23)19(32-15)26-7-5-16(25-20(26)28)24-18(27)13-3-4-14-12(9-13)6-8-30-14/h5-6,8,10-11,13,17,19,21H,7,9,12H2,1-4H3,(H,27,28,30,31);5-9,12,16,18,20H,10-11H2,1-4H3,(H,26,27,29,30);5-8,10,12,16,18,20H,3-4,9,11H2,1-2H3,(H,25,26,28,29);3-5,7,9,11,15,17,19H,6,8,10H2,1-2H3,(H,24,25,27,28)/t17-,19-,21?,38?;16-,18-,20?,37?;16-,18-,20?,36?;15-,17-,19?,35?/m1111/s1. The molecule has 8 saturated heterocycles. The summed E-state index contributed by atoms with van der Waals surface area (Å²) in [6.45, 7) is 19.5. The van der Waals surface area contributed by atoms with Crippen molar-refractivity contribution in [3.8, 4) is 23.0 Å². The van der Waals surface area contributed by atoms with Gasteiger partial charge in [-0.3, -0.25) is 91.7 Å². The summed E-state index contributed by atoms with van der Waals surface area (Å²) in [5.41, 5.74) is -0.109. The molecule has 8 fully saturated rings. The van der Waals surface area contributed by atoms with Crippen molar-refractivity contribution >= 4 is 78.2 Å². The van der Waals surface area contributed by atoms with Crippen LogP contribution in [0.3, 0.4) is 0 Å². The lowest BCUT2D eigenvalue weighted by molar-refractivity contribution is -0.139. The van der Waals surface area contributed by atoms with Gasteiger partial charge in [-0.25, -0.2) is 37.4 Å². The summed E-state index contributed by atoms with van der Waals surface area (Å²) in [6, 6.07) is 24.8. The van der Waals surface area contributed by atoms with Gasteiger partial charge in [0, 0.05) is 59.9 Å². The Bertz CT molecular complexity index is 6860. The molecule has 0 spiro atoms. The maximum atomic E-state index is 15.3. The Labute approximate surface area is 824 Å². The van der Waals surface area contributed by atoms with Gasteiger partial charge in [0.1, 0.15) is 81.9 Å². The van der Waals surface area contributed by atoms with E-state index in [1.807, 2.05) is 27.7 Å². The van der Waals surface area contributed by atoms with E-state index in [0.29, 0.717) is 72.7 Å². The van der Waals surface area contributed by atoms with Crippen LogP contribution in [0.1, 0.15) is 185 Å². The van der Waals surface area contributed by atoms with Crippen molar-refractivity contribution in [1.29, 1.82) is 0 Å². The number of benzene rings is 4. The van der Waals surface area contributed by atoms with E-state index in [2.05, 4.69) is 41.2 Å². The number of aromatic nitrogens is 8. The normalized spacial score (nSPS) is 29.1. The first-order chi connectivity index (χ1) is 68.6. The van der Waals surface area contributed by atoms with Crippen LogP contribution >= 0.6 is 31.3 Å². The smallest absolute Gasteiger partial charge is 0.475 e. The molecule has 4 aromatic carbocycles. The minimum Gasteiger partial charge on any atom is -0.493 e. The molecule has 4 aromatic heterocycles. The zero-order valence-electron chi connectivity index (χ0n) is 79.7. The van der Waals surface area contributed by atoms with Crippen molar-refractivity contribution in [1.82, 2.24) is 38.2 Å². The Morgan fingerprint density at radius 2 is 0.651 bits per heavy atom. The molecule has 56 heteroatoms. The van der Waals surface area contributed by atoms with Gasteiger partial charge < -0.3 is 59.2 Å². The number of anilines is 4. The summed E-state index contributed by atoms with van der Waals surface area (Å²) in [5.74, 6) is -15.1. The number of nitrogens with zero attached hydrogens (tertiary/aromatic N) is 8. The van der Waals surface area contributed by atoms with Crippen molar-refractivity contribution < 1.29 is 165 Å². The molecule has 44 nitrogen and oxygen atoms in total. The van der Waals surface area contributed by atoms with Crippen LogP contribution < -0.4 is 63.0 Å². The Hall–Kier alpha value is -10.8. The highest BCUT2D eigenvalue weighted by Crippen LogP contribution is 2.65. The van der Waals surface area contributed by atoms with Crippen LogP contribution in [0.15, 0.2) is 141 Å². The lowest BCUT2D eigenvalue weighted by Crippen LogP contribution is -2.45. The third-order valence-electron chi connectivity index (χ3n) is 23.8. The van der Waals surface area contributed by atoms with E-state index in [4.69, 9.17) is 92.2 Å². The van der Waals surface area contributed by atoms with Crippen LogP contribution in [-0.4, -0.2) is 210 Å². The highest BCUT2D eigenvalue weighted by Gasteiger charge is 2.70. The van der Waals surface area contributed by atoms with Gasteiger partial charge in [0.15, 0.2) is 24.4 Å². The number of hydrogen-bond acceptors (Lipinski definition) is 36. The maximum Gasteiger partial charge on any atom is 0.475 e. The molecule has 4 amide bonds. The minimum atomic E-state index is -4.24. The van der Waals surface area contributed by atoms with Gasteiger partial charge >= 0.3 is 77.7 Å². The molecule has 12 aliphatic rings. The van der Waals surface area contributed by atoms with Crippen LogP contribution in [0, 0.1) is 0 Å². The predicted molar refractivity (Wildman–Crippen MR) is 490 cm³/mol. The maximum absolute atomic E-state index is 15.3. The van der Waals surface area contributed by atoms with E-state index >= 15 is 35.1 Å². The van der Waals surface area contributed by atoms with E-state index in [0.717, 1.165) is 78.5 Å². The number of phosphoric ester groups is 4. The average Bonchev–Trinajstić information content (AvgIpc) is 1.60. The number of phosphoric acid groups is 4. The number of nitrogens with one attached hydrogen (secondary N) is 4. The van der Waals surface area contributed by atoms with Crippen LogP contribution in [0.4, 0.5) is 58.4 Å². The van der Waals surface area contributed by atoms with E-state index < -0.39 is 226 Å². The molecule has 0 radical (unpaired) electrons. The minimum absolute atomic E-state index is 0.122. The monoisotopic (exact) mass is 2140 g/mol. The number of carbonyl (C=O) groups excluding carboxylic acids is 4. The first-order valence-corrected chi connectivity index (χ1v) is 51.8. The Kier molecular flexibility index (Phi) is 29.9. The molecule has 12 aliphatic heterocycles. The van der Waals surface area contributed by atoms with Crippen molar-refractivity contribution in [3.05, 3.63) is 208 Å². The molecule has 146 heavy (non-hydrogen) atoms. The first-order valence-electron chi connectivity index (χ1n) is 46.0. The number of carbonyl (C=O) groups is 4. The number of fused-ring (bicyclic) bond motifs is 8. The van der Waals surface area contributed by atoms with Crippen LogP contribution in [0.5, 0.6) is 23.0 Å². The molecule has 16 heterocycles. The van der Waals surface area contributed by atoms with Gasteiger partial charge in [-0.2, -0.15) is 55.1 Å². The van der Waals surface area contributed by atoms with Gasteiger partial charge in [0.25, 0.3) is 23.6 Å². The fraction of sp³-hybridized carbons (Fsp3) is 0.511. The van der Waals surface area contributed by atoms with Crippen LogP contribution in [0.25, 0.3) is 0 Å². The zero-order valence-corrected chi connectivity index (χ0v) is 83.3. The second-order valence-electron chi connectivity index (χ2n) is 37.6. The third-order valence-corrected chi connectivity index (χ3v) is 30.3. The Balaban J connectivity index is 0.000000133. The van der Waals surface area contributed by atoms with Gasteiger partial charge in [-0.1, -0.05) is 12.1 Å². The fourth-order valence-electron chi connectivity index (χ4n) is 17.3. The number of ether oxygens (including phenoxy) is 8. The average molecular weight is 2140 g/mol. The van der Waals surface area contributed by atoms with E-state index in [1.54, 1.807) is 128 Å². The number of alkyl halides is 8. The van der Waals surface area contributed by atoms with Gasteiger partial charge in [-0.15, -0.1) is 0 Å². The number of rotatable bonds is 20. The predicted octanol–water partition coefficient (Wildman–Crippen LogP) is 14.0. The summed E-state index contributed by atoms with van der Waals surface area (Å²) in [7, 11) is -16.9. The Morgan fingerprint density at radius 3 is 0.973 bits per heavy atom. The number of halogens is 8. The van der Waals surface area contributed by atoms with Crippen molar-refractivity contribution in [2.24, 2.45) is 0 Å². The summed E-state index contributed by atoms with van der Waals surface area (Å²) < 4.78 is 279. The second kappa shape index (κ2) is 40.9. The Morgan fingerprint density at radius 1 is 0.363 bits per heavy atom. The molecular formula is C90H100F8N12O32P4.